The number of carbonyl (C=O) groups is 1. The number of carboxylic acid groups (broad SMARTS) is 1. The van der Waals surface area contributed by atoms with Crippen LogP contribution >= 0.6 is 0 Å². The molecule has 0 fully saturated rings. The molecule has 3 heteroatoms. The molecule has 0 aromatic carbocycles. The van der Waals surface area contributed by atoms with Crippen LogP contribution in [0, 0.1) is 0 Å². The topological polar surface area (TPSA) is 40.5 Å². The number of carboxylic acids is 1. The number of nitrogens with zero attached hydrogens (tertiary/aromatic N) is 1. The summed E-state index contributed by atoms with van der Waals surface area (Å²) in [5.41, 5.74) is 0. The molecule has 0 aromatic heterocycles. The molecule has 0 aliphatic heterocycles. The zero-order chi connectivity index (χ0) is 13.3. The van der Waals surface area contributed by atoms with Crippen LogP contribution in [0.25, 0.3) is 0 Å². The molecule has 0 bridgehead atoms. The van der Waals surface area contributed by atoms with E-state index >= 15 is 0 Å². The van der Waals surface area contributed by atoms with Crippen molar-refractivity contribution < 1.29 is 9.90 Å². The summed E-state index contributed by atoms with van der Waals surface area (Å²) in [4.78, 5) is 13.6. The van der Waals surface area contributed by atoms with Crippen LogP contribution in [0.1, 0.15) is 66.2 Å². The minimum absolute atomic E-state index is 0.295. The maximum absolute atomic E-state index is 11.4. The van der Waals surface area contributed by atoms with Gasteiger partial charge in [-0.25, -0.2) is 0 Å². The molecule has 102 valence electrons. The standard InChI is InChI=1S/C14H29NO2/c1-5-8-10-13(14(16)17)15(11-9-6-2)12(4)7-3/h12-13H,5-11H2,1-4H3,(H,16,17). The molecule has 2 atom stereocenters. The Morgan fingerprint density at radius 1 is 1.18 bits per heavy atom. The van der Waals surface area contributed by atoms with Gasteiger partial charge in [0.2, 0.25) is 0 Å². The fourth-order valence-corrected chi connectivity index (χ4v) is 2.09. The first-order valence-electron chi connectivity index (χ1n) is 7.06. The van der Waals surface area contributed by atoms with Crippen LogP contribution < -0.4 is 0 Å². The highest BCUT2D eigenvalue weighted by Crippen LogP contribution is 2.16. The Morgan fingerprint density at radius 3 is 2.18 bits per heavy atom. The quantitative estimate of drug-likeness (QED) is 0.638. The molecule has 0 heterocycles. The van der Waals surface area contributed by atoms with E-state index in [0.29, 0.717) is 6.04 Å². The second kappa shape index (κ2) is 9.46. The highest BCUT2D eigenvalue weighted by Gasteiger charge is 2.27. The molecule has 1 N–H and O–H groups in total. The minimum atomic E-state index is -0.658. The van der Waals surface area contributed by atoms with Crippen LogP contribution in [0.3, 0.4) is 0 Å². The zero-order valence-corrected chi connectivity index (χ0v) is 11.9. The predicted molar refractivity (Wildman–Crippen MR) is 72.3 cm³/mol. The van der Waals surface area contributed by atoms with Crippen molar-refractivity contribution in [1.82, 2.24) is 4.90 Å². The Kier molecular flexibility index (Phi) is 9.14. The molecular weight excluding hydrogens is 214 g/mol. The van der Waals surface area contributed by atoms with Crippen molar-refractivity contribution in [2.75, 3.05) is 6.54 Å². The van der Waals surface area contributed by atoms with Gasteiger partial charge in [0, 0.05) is 6.04 Å². The molecule has 0 rings (SSSR count). The summed E-state index contributed by atoms with van der Waals surface area (Å²) in [6.07, 6.45) is 6.05. The lowest BCUT2D eigenvalue weighted by Gasteiger charge is -2.33. The van der Waals surface area contributed by atoms with Gasteiger partial charge in [-0.3, -0.25) is 9.69 Å². The van der Waals surface area contributed by atoms with E-state index in [4.69, 9.17) is 0 Å². The molecule has 0 saturated carbocycles. The molecule has 0 radical (unpaired) electrons. The van der Waals surface area contributed by atoms with E-state index in [9.17, 15) is 9.90 Å². The van der Waals surface area contributed by atoms with Gasteiger partial charge >= 0.3 is 5.97 Å². The second-order valence-corrected chi connectivity index (χ2v) is 4.84. The summed E-state index contributed by atoms with van der Waals surface area (Å²) in [6.45, 7) is 9.43. The largest absolute Gasteiger partial charge is 0.480 e. The molecule has 0 saturated heterocycles. The van der Waals surface area contributed by atoms with Crippen LogP contribution in [0.5, 0.6) is 0 Å². The first-order chi connectivity index (χ1) is 8.08. The molecule has 0 aliphatic rings. The minimum Gasteiger partial charge on any atom is -0.480 e. The van der Waals surface area contributed by atoms with Crippen molar-refractivity contribution >= 4 is 5.97 Å². The smallest absolute Gasteiger partial charge is 0.320 e. The van der Waals surface area contributed by atoms with Crippen LogP contribution in [-0.4, -0.2) is 34.6 Å². The fourth-order valence-electron chi connectivity index (χ4n) is 2.09. The third kappa shape index (κ3) is 6.06. The van der Waals surface area contributed by atoms with Gasteiger partial charge in [-0.2, -0.15) is 0 Å². The number of rotatable bonds is 10. The summed E-state index contributed by atoms with van der Waals surface area (Å²) < 4.78 is 0. The normalized spacial score (nSPS) is 14.9. The van der Waals surface area contributed by atoms with Gasteiger partial charge in [-0.15, -0.1) is 0 Å². The van der Waals surface area contributed by atoms with Crippen molar-refractivity contribution in [2.24, 2.45) is 0 Å². The molecule has 2 unspecified atom stereocenters. The van der Waals surface area contributed by atoms with Crippen molar-refractivity contribution in [3.63, 3.8) is 0 Å². The van der Waals surface area contributed by atoms with Crippen molar-refractivity contribution in [3.8, 4) is 0 Å². The summed E-state index contributed by atoms with van der Waals surface area (Å²) in [5.74, 6) is -0.658. The van der Waals surface area contributed by atoms with Crippen molar-refractivity contribution in [1.29, 1.82) is 0 Å². The van der Waals surface area contributed by atoms with Gasteiger partial charge in [0.25, 0.3) is 0 Å². The molecule has 3 nitrogen and oxygen atoms in total. The lowest BCUT2D eigenvalue weighted by molar-refractivity contribution is -0.144. The van der Waals surface area contributed by atoms with E-state index in [1.165, 1.54) is 0 Å². The van der Waals surface area contributed by atoms with Crippen LogP contribution in [0.15, 0.2) is 0 Å². The van der Waals surface area contributed by atoms with Crippen molar-refractivity contribution in [2.45, 2.75) is 78.3 Å². The average molecular weight is 243 g/mol. The van der Waals surface area contributed by atoms with Gasteiger partial charge in [0.05, 0.1) is 0 Å². The highest BCUT2D eigenvalue weighted by atomic mass is 16.4. The van der Waals surface area contributed by atoms with E-state index in [1.807, 2.05) is 0 Å². The summed E-state index contributed by atoms with van der Waals surface area (Å²) in [6, 6.07) is 0.0657. The Bertz CT molecular complexity index is 206. The lowest BCUT2D eigenvalue weighted by Crippen LogP contribution is -2.46. The SMILES string of the molecule is CCCCC(C(=O)O)N(CCCC)C(C)CC. The highest BCUT2D eigenvalue weighted by molar-refractivity contribution is 5.73. The van der Waals surface area contributed by atoms with Gasteiger partial charge in [0.15, 0.2) is 0 Å². The summed E-state index contributed by atoms with van der Waals surface area (Å²) in [5, 5.41) is 9.37. The lowest BCUT2D eigenvalue weighted by atomic mass is 10.0. The van der Waals surface area contributed by atoms with Crippen LogP contribution in [0.2, 0.25) is 0 Å². The summed E-state index contributed by atoms with van der Waals surface area (Å²) >= 11 is 0. The van der Waals surface area contributed by atoms with E-state index in [1.54, 1.807) is 0 Å². The van der Waals surface area contributed by atoms with Gasteiger partial charge in [-0.1, -0.05) is 40.0 Å². The Balaban J connectivity index is 4.60. The van der Waals surface area contributed by atoms with Gasteiger partial charge in [0.1, 0.15) is 6.04 Å². The molecular formula is C14H29NO2. The monoisotopic (exact) mass is 243 g/mol. The Hall–Kier alpha value is -0.570. The number of hydrogen-bond acceptors (Lipinski definition) is 2. The molecule has 0 aromatic rings. The Morgan fingerprint density at radius 2 is 1.76 bits per heavy atom. The third-order valence-electron chi connectivity index (χ3n) is 3.44. The molecule has 0 aliphatic carbocycles. The van der Waals surface area contributed by atoms with Crippen molar-refractivity contribution in [3.05, 3.63) is 0 Å². The van der Waals surface area contributed by atoms with Gasteiger partial charge in [-0.05, 0) is 32.7 Å². The average Bonchev–Trinajstić information content (AvgIpc) is 2.32. The molecule has 17 heavy (non-hydrogen) atoms. The molecule has 0 spiro atoms. The fraction of sp³-hybridized carbons (Fsp3) is 0.929. The van der Waals surface area contributed by atoms with Crippen LogP contribution in [-0.2, 0) is 4.79 Å². The van der Waals surface area contributed by atoms with E-state index < -0.39 is 5.97 Å². The maximum atomic E-state index is 11.4. The first kappa shape index (κ1) is 16.4. The third-order valence-corrected chi connectivity index (χ3v) is 3.44. The number of hydrogen-bond donors (Lipinski definition) is 1. The van der Waals surface area contributed by atoms with E-state index in [0.717, 1.165) is 45.1 Å². The Labute approximate surface area is 106 Å². The second-order valence-electron chi connectivity index (χ2n) is 4.84. The molecule has 0 amide bonds. The van der Waals surface area contributed by atoms with Gasteiger partial charge < -0.3 is 5.11 Å². The zero-order valence-electron chi connectivity index (χ0n) is 11.9. The number of aliphatic carboxylic acids is 1. The summed E-state index contributed by atoms with van der Waals surface area (Å²) in [7, 11) is 0. The predicted octanol–water partition coefficient (Wildman–Crippen LogP) is 3.53. The first-order valence-corrected chi connectivity index (χ1v) is 7.06. The van der Waals surface area contributed by atoms with E-state index in [2.05, 4.69) is 32.6 Å². The van der Waals surface area contributed by atoms with E-state index in [-0.39, 0.29) is 6.04 Å². The number of unbranched alkanes of at least 4 members (excludes halogenated alkanes) is 2. The van der Waals surface area contributed by atoms with Crippen LogP contribution in [0.4, 0.5) is 0 Å². The maximum Gasteiger partial charge on any atom is 0.320 e.